The van der Waals surface area contributed by atoms with Crippen LogP contribution in [0, 0.1) is 6.92 Å². The predicted octanol–water partition coefficient (Wildman–Crippen LogP) is 1.39. The van der Waals surface area contributed by atoms with Crippen molar-refractivity contribution in [3.63, 3.8) is 0 Å². The van der Waals surface area contributed by atoms with E-state index in [4.69, 9.17) is 5.73 Å². The first kappa shape index (κ1) is 16.0. The Labute approximate surface area is 96.3 Å². The van der Waals surface area contributed by atoms with Gasteiger partial charge < -0.3 is 10.8 Å². The lowest BCUT2D eigenvalue weighted by atomic mass is 10.1. The van der Waals surface area contributed by atoms with Gasteiger partial charge in [0.1, 0.15) is 0 Å². The molecule has 0 aliphatic carbocycles. The zero-order valence-corrected chi connectivity index (χ0v) is 10.2. The molecule has 0 radical (unpaired) electrons. The van der Waals surface area contributed by atoms with Crippen LogP contribution in [0.5, 0.6) is 0 Å². The number of nitrogens with zero attached hydrogens (tertiary/aromatic N) is 2. The van der Waals surface area contributed by atoms with Gasteiger partial charge >= 0.3 is 0 Å². The molecule has 6 heteroatoms. The van der Waals surface area contributed by atoms with Crippen molar-refractivity contribution in [3.8, 4) is 0 Å². The maximum atomic E-state index is 9.50. The fourth-order valence-corrected chi connectivity index (χ4v) is 0.987. The summed E-state index contributed by atoms with van der Waals surface area (Å²) in [6.45, 7) is 5.83. The second-order valence-corrected chi connectivity index (χ2v) is 3.66. The number of aliphatic hydroxyl groups is 1. The van der Waals surface area contributed by atoms with E-state index in [1.54, 1.807) is 24.7 Å². The van der Waals surface area contributed by atoms with Gasteiger partial charge in [-0.3, -0.25) is 4.68 Å². The van der Waals surface area contributed by atoms with Crippen molar-refractivity contribution in [1.29, 1.82) is 0 Å². The van der Waals surface area contributed by atoms with Gasteiger partial charge in [0.25, 0.3) is 0 Å². The first-order chi connectivity index (χ1) is 5.40. The average Bonchev–Trinajstić information content (AvgIpc) is 2.16. The van der Waals surface area contributed by atoms with E-state index in [0.717, 1.165) is 5.69 Å². The van der Waals surface area contributed by atoms with E-state index in [1.165, 1.54) is 0 Å². The Bertz CT molecular complexity index is 281. The summed E-state index contributed by atoms with van der Waals surface area (Å²) < 4.78 is 1.70. The molecule has 0 bridgehead atoms. The van der Waals surface area contributed by atoms with Gasteiger partial charge in [-0.05, 0) is 20.8 Å². The van der Waals surface area contributed by atoms with Crippen molar-refractivity contribution in [1.82, 2.24) is 9.78 Å². The van der Waals surface area contributed by atoms with Gasteiger partial charge in [0, 0.05) is 0 Å². The Morgan fingerprint density at radius 1 is 1.50 bits per heavy atom. The van der Waals surface area contributed by atoms with Gasteiger partial charge in [0.05, 0.1) is 29.7 Å². The number of halogens is 2. The van der Waals surface area contributed by atoms with E-state index >= 15 is 0 Å². The fraction of sp³-hybridized carbons (Fsp3) is 0.625. The Morgan fingerprint density at radius 3 is 2.29 bits per heavy atom. The van der Waals surface area contributed by atoms with Crippen LogP contribution in [0.25, 0.3) is 0 Å². The molecule has 0 aromatic carbocycles. The Hall–Kier alpha value is -0.450. The molecular weight excluding hydrogens is 225 g/mol. The lowest BCUT2D eigenvalue weighted by molar-refractivity contribution is 0.0571. The molecule has 3 N–H and O–H groups in total. The molecule has 1 rings (SSSR count). The number of rotatable bonds is 2. The van der Waals surface area contributed by atoms with Crippen LogP contribution in [-0.2, 0) is 6.54 Å². The third kappa shape index (κ3) is 4.17. The molecule has 4 nitrogen and oxygen atoms in total. The van der Waals surface area contributed by atoms with Crippen molar-refractivity contribution >= 4 is 30.5 Å². The van der Waals surface area contributed by atoms with Gasteiger partial charge in [-0.1, -0.05) is 0 Å². The topological polar surface area (TPSA) is 64.1 Å². The molecule has 1 heterocycles. The van der Waals surface area contributed by atoms with Crippen molar-refractivity contribution in [2.45, 2.75) is 32.9 Å². The number of aromatic nitrogens is 2. The molecule has 0 unspecified atom stereocenters. The first-order valence-electron chi connectivity index (χ1n) is 3.90. The lowest BCUT2D eigenvalue weighted by Crippen LogP contribution is -2.27. The second-order valence-electron chi connectivity index (χ2n) is 3.66. The van der Waals surface area contributed by atoms with Gasteiger partial charge in [-0.2, -0.15) is 5.10 Å². The molecule has 0 saturated heterocycles. The Morgan fingerprint density at radius 2 is 2.00 bits per heavy atom. The van der Waals surface area contributed by atoms with Gasteiger partial charge in [0.2, 0.25) is 0 Å². The van der Waals surface area contributed by atoms with Crippen LogP contribution >= 0.6 is 24.8 Å². The van der Waals surface area contributed by atoms with E-state index in [1.807, 2.05) is 6.92 Å². The third-order valence-electron chi connectivity index (χ3n) is 1.68. The van der Waals surface area contributed by atoms with Crippen molar-refractivity contribution in [3.05, 3.63) is 11.9 Å². The number of anilines is 1. The highest BCUT2D eigenvalue weighted by Crippen LogP contribution is 2.12. The minimum Gasteiger partial charge on any atom is -0.396 e. The molecule has 0 amide bonds. The molecule has 0 spiro atoms. The highest BCUT2D eigenvalue weighted by molar-refractivity contribution is 5.85. The molecule has 0 aliphatic rings. The molecule has 14 heavy (non-hydrogen) atoms. The smallest absolute Gasteiger partial charge is 0.0786 e. The minimum absolute atomic E-state index is 0. The maximum Gasteiger partial charge on any atom is 0.0786 e. The SMILES string of the molecule is Cc1c(N)cnn1CC(C)(C)O.Cl.Cl. The van der Waals surface area contributed by atoms with Crippen molar-refractivity contribution < 1.29 is 5.11 Å². The molecular formula is C8H17Cl2N3O. The summed E-state index contributed by atoms with van der Waals surface area (Å²) in [5, 5.41) is 13.5. The van der Waals surface area contributed by atoms with Gasteiger partial charge in [-0.15, -0.1) is 24.8 Å². The van der Waals surface area contributed by atoms with Gasteiger partial charge in [0.15, 0.2) is 0 Å². The highest BCUT2D eigenvalue weighted by Gasteiger charge is 2.15. The molecule has 0 saturated carbocycles. The number of hydrogen-bond acceptors (Lipinski definition) is 3. The number of hydrogen-bond donors (Lipinski definition) is 2. The summed E-state index contributed by atoms with van der Waals surface area (Å²) in [4.78, 5) is 0. The largest absolute Gasteiger partial charge is 0.396 e. The summed E-state index contributed by atoms with van der Waals surface area (Å²) in [6.07, 6.45) is 1.60. The molecule has 1 aromatic heterocycles. The predicted molar refractivity (Wildman–Crippen MR) is 62.2 cm³/mol. The number of nitrogen functional groups attached to an aromatic ring is 1. The van der Waals surface area contributed by atoms with Crippen LogP contribution in [0.3, 0.4) is 0 Å². The first-order valence-corrected chi connectivity index (χ1v) is 3.90. The average molecular weight is 242 g/mol. The minimum atomic E-state index is -0.747. The monoisotopic (exact) mass is 241 g/mol. The maximum absolute atomic E-state index is 9.50. The van der Waals surface area contributed by atoms with Crippen molar-refractivity contribution in [2.24, 2.45) is 0 Å². The Balaban J connectivity index is 0. The Kier molecular flexibility index (Phi) is 6.21. The van der Waals surface area contributed by atoms with Crippen LogP contribution < -0.4 is 5.73 Å². The van der Waals surface area contributed by atoms with Gasteiger partial charge in [-0.25, -0.2) is 0 Å². The fourth-order valence-electron chi connectivity index (χ4n) is 0.987. The summed E-state index contributed by atoms with van der Waals surface area (Å²) >= 11 is 0. The summed E-state index contributed by atoms with van der Waals surface area (Å²) in [5.74, 6) is 0. The lowest BCUT2D eigenvalue weighted by Gasteiger charge is -2.17. The zero-order chi connectivity index (χ0) is 9.35. The van der Waals surface area contributed by atoms with E-state index in [0.29, 0.717) is 12.2 Å². The van der Waals surface area contributed by atoms with E-state index < -0.39 is 5.60 Å². The summed E-state index contributed by atoms with van der Waals surface area (Å²) in [7, 11) is 0. The summed E-state index contributed by atoms with van der Waals surface area (Å²) in [6, 6.07) is 0. The molecule has 1 aromatic rings. The standard InChI is InChI=1S/C8H15N3O.2ClH/c1-6-7(9)4-10-11(6)5-8(2,3)12;;/h4,12H,5,9H2,1-3H3;2*1H. The normalized spacial score (nSPS) is 10.3. The highest BCUT2D eigenvalue weighted by atomic mass is 35.5. The quantitative estimate of drug-likeness (QED) is 0.823. The molecule has 84 valence electrons. The summed E-state index contributed by atoms with van der Waals surface area (Å²) in [5.41, 5.74) is 6.41. The van der Waals surface area contributed by atoms with E-state index in [-0.39, 0.29) is 24.8 Å². The zero-order valence-electron chi connectivity index (χ0n) is 8.52. The van der Waals surface area contributed by atoms with Crippen LogP contribution in [-0.4, -0.2) is 20.5 Å². The van der Waals surface area contributed by atoms with Crippen molar-refractivity contribution in [2.75, 3.05) is 5.73 Å². The van der Waals surface area contributed by atoms with Crippen LogP contribution in [0.1, 0.15) is 19.5 Å². The van der Waals surface area contributed by atoms with Crippen LogP contribution in [0.4, 0.5) is 5.69 Å². The van der Waals surface area contributed by atoms with E-state index in [9.17, 15) is 5.11 Å². The van der Waals surface area contributed by atoms with E-state index in [2.05, 4.69) is 5.10 Å². The third-order valence-corrected chi connectivity index (χ3v) is 1.68. The van der Waals surface area contributed by atoms with Crippen LogP contribution in [0.2, 0.25) is 0 Å². The second kappa shape index (κ2) is 5.44. The van der Waals surface area contributed by atoms with Crippen LogP contribution in [0.15, 0.2) is 6.20 Å². The molecule has 0 atom stereocenters. The number of nitrogens with two attached hydrogens (primary N) is 1. The molecule has 0 aliphatic heterocycles. The molecule has 0 fully saturated rings.